The number of anilines is 1. The maximum Gasteiger partial charge on any atom is 0.270 e. The number of ether oxygens (including phenoxy) is 2. The fourth-order valence-corrected chi connectivity index (χ4v) is 4.37. The maximum absolute atomic E-state index is 13.2. The summed E-state index contributed by atoms with van der Waals surface area (Å²) in [5.41, 5.74) is 0.440. The van der Waals surface area contributed by atoms with Crippen molar-refractivity contribution in [3.8, 4) is 23.1 Å². The van der Waals surface area contributed by atoms with Crippen molar-refractivity contribution in [1.29, 1.82) is 0 Å². The molecule has 204 valence electrons. The second-order valence-corrected chi connectivity index (χ2v) is 9.21. The second kappa shape index (κ2) is 11.9. The molecule has 1 aliphatic heterocycles. The molecule has 2 heterocycles. The van der Waals surface area contributed by atoms with E-state index in [2.05, 4.69) is 10.3 Å². The molecule has 1 fully saturated rings. The first-order valence-electron chi connectivity index (χ1n) is 11.8. The summed E-state index contributed by atoms with van der Waals surface area (Å²) >= 11 is 10.4. The summed E-state index contributed by atoms with van der Waals surface area (Å²) in [4.78, 5) is 42.0. The van der Waals surface area contributed by atoms with Gasteiger partial charge in [0.15, 0.2) is 9.88 Å². The van der Waals surface area contributed by atoms with Gasteiger partial charge in [0.2, 0.25) is 0 Å². The first-order valence-corrected chi connectivity index (χ1v) is 12.6. The lowest BCUT2D eigenvalue weighted by atomic mass is 10.1. The van der Waals surface area contributed by atoms with E-state index >= 15 is 0 Å². The van der Waals surface area contributed by atoms with Crippen LogP contribution in [-0.4, -0.2) is 40.7 Å². The maximum atomic E-state index is 13.2. The van der Waals surface area contributed by atoms with Crippen LogP contribution in [0.25, 0.3) is 11.8 Å². The van der Waals surface area contributed by atoms with Crippen LogP contribution in [0.3, 0.4) is 0 Å². The van der Waals surface area contributed by atoms with E-state index in [1.165, 1.54) is 48.0 Å². The number of benzene rings is 2. The third-order valence-corrected chi connectivity index (χ3v) is 6.42. The van der Waals surface area contributed by atoms with E-state index in [1.54, 1.807) is 55.5 Å². The zero-order valence-corrected chi connectivity index (χ0v) is 23.2. The first kappa shape index (κ1) is 28.2. The molecule has 0 radical (unpaired) electrons. The third-order valence-electron chi connectivity index (χ3n) is 5.85. The fraction of sp³-hybridized carbons (Fsp3) is 0.107. The summed E-state index contributed by atoms with van der Waals surface area (Å²) in [7, 11) is 2.99. The third kappa shape index (κ3) is 5.77. The van der Waals surface area contributed by atoms with Crippen molar-refractivity contribution in [3.05, 3.63) is 98.6 Å². The number of aromatic amines is 1. The quantitative estimate of drug-likeness (QED) is 0.190. The molecule has 12 heteroatoms. The van der Waals surface area contributed by atoms with Crippen molar-refractivity contribution in [2.24, 2.45) is 0 Å². The number of nitrogens with zero attached hydrogens (tertiary/aromatic N) is 2. The number of carbonyl (C=O) groups excluding carboxylic acids is 2. The summed E-state index contributed by atoms with van der Waals surface area (Å²) < 4.78 is 11.6. The van der Waals surface area contributed by atoms with Crippen LogP contribution in [0.4, 0.5) is 5.69 Å². The number of carbonyl (C=O) groups is 2. The number of nitrogens with one attached hydrogen (secondary N) is 2. The van der Waals surface area contributed by atoms with Gasteiger partial charge in [-0.15, -0.1) is 0 Å². The van der Waals surface area contributed by atoms with Gasteiger partial charge in [0.25, 0.3) is 17.4 Å². The van der Waals surface area contributed by atoms with Crippen molar-refractivity contribution >= 4 is 53.1 Å². The molecule has 2 amide bonds. The van der Waals surface area contributed by atoms with Crippen molar-refractivity contribution in [2.45, 2.75) is 6.92 Å². The predicted molar refractivity (Wildman–Crippen MR) is 155 cm³/mol. The highest BCUT2D eigenvalue weighted by molar-refractivity contribution is 7.80. The van der Waals surface area contributed by atoms with E-state index in [9.17, 15) is 19.5 Å². The fourth-order valence-electron chi connectivity index (χ4n) is 3.81. The van der Waals surface area contributed by atoms with E-state index in [0.29, 0.717) is 28.4 Å². The van der Waals surface area contributed by atoms with Gasteiger partial charge in [-0.25, -0.2) is 0 Å². The highest BCUT2D eigenvalue weighted by atomic mass is 32.1. The molecule has 4 rings (SSSR count). The van der Waals surface area contributed by atoms with Gasteiger partial charge in [-0.2, -0.15) is 0 Å². The number of allylic oxidation sites excluding steroid dienone is 4. The van der Waals surface area contributed by atoms with Gasteiger partial charge in [-0.1, -0.05) is 29.9 Å². The Labute approximate surface area is 239 Å². The smallest absolute Gasteiger partial charge is 0.270 e. The van der Waals surface area contributed by atoms with Crippen LogP contribution >= 0.6 is 24.4 Å². The average molecular weight is 576 g/mol. The molecule has 0 saturated carbocycles. The summed E-state index contributed by atoms with van der Waals surface area (Å²) in [5.74, 6) is -0.856. The molecule has 0 unspecified atom stereocenters. The molecule has 0 aliphatic carbocycles. The lowest BCUT2D eigenvalue weighted by Crippen LogP contribution is -2.54. The van der Waals surface area contributed by atoms with Gasteiger partial charge in [0.1, 0.15) is 17.1 Å². The normalized spacial score (nSPS) is 15.1. The first-order chi connectivity index (χ1) is 19.1. The van der Waals surface area contributed by atoms with Crippen LogP contribution in [0.5, 0.6) is 17.4 Å². The Morgan fingerprint density at radius 1 is 0.975 bits per heavy atom. The van der Waals surface area contributed by atoms with Gasteiger partial charge in [-0.3, -0.25) is 29.6 Å². The van der Waals surface area contributed by atoms with Crippen LogP contribution in [0.1, 0.15) is 12.5 Å². The lowest BCUT2D eigenvalue weighted by Gasteiger charge is -2.28. The number of hydrogen-bond donors (Lipinski definition) is 2. The highest BCUT2D eigenvalue weighted by Crippen LogP contribution is 2.25. The molecule has 2 aromatic carbocycles. The van der Waals surface area contributed by atoms with Crippen molar-refractivity contribution in [2.75, 3.05) is 19.1 Å². The van der Waals surface area contributed by atoms with Gasteiger partial charge in [0, 0.05) is 17.7 Å². The summed E-state index contributed by atoms with van der Waals surface area (Å²) in [6, 6.07) is 13.4. The van der Waals surface area contributed by atoms with Crippen LogP contribution < -0.4 is 30.4 Å². The zero-order valence-electron chi connectivity index (χ0n) is 21.6. The topological polar surface area (TPSA) is 129 Å². The Morgan fingerprint density at radius 3 is 2.25 bits per heavy atom. The molecule has 1 aromatic heterocycles. The van der Waals surface area contributed by atoms with Crippen molar-refractivity contribution in [1.82, 2.24) is 14.9 Å². The molecule has 0 bridgehead atoms. The van der Waals surface area contributed by atoms with E-state index in [4.69, 9.17) is 33.9 Å². The number of methoxy groups -OCH3 is 2. The Morgan fingerprint density at radius 2 is 1.60 bits per heavy atom. The predicted octanol–water partition coefficient (Wildman–Crippen LogP) is 3.32. The molecule has 1 saturated heterocycles. The molecule has 40 heavy (non-hydrogen) atoms. The monoisotopic (exact) mass is 575 g/mol. The van der Waals surface area contributed by atoms with Gasteiger partial charge >= 0.3 is 0 Å². The molecular weight excluding hydrogens is 552 g/mol. The molecule has 0 atom stereocenters. The molecular formula is C28H23N4O6S2-. The van der Waals surface area contributed by atoms with Crippen molar-refractivity contribution < 1.29 is 24.2 Å². The minimum atomic E-state index is -0.652. The van der Waals surface area contributed by atoms with Crippen LogP contribution in [0.15, 0.2) is 82.7 Å². The van der Waals surface area contributed by atoms with Crippen molar-refractivity contribution in [3.63, 3.8) is 0 Å². The molecule has 1 aliphatic rings. The summed E-state index contributed by atoms with van der Waals surface area (Å²) in [6.45, 7) is 1.68. The van der Waals surface area contributed by atoms with Gasteiger partial charge < -0.3 is 19.1 Å². The minimum absolute atomic E-state index is 0.0577. The minimum Gasteiger partial charge on any atom is -0.859 e. The summed E-state index contributed by atoms with van der Waals surface area (Å²) in [5, 5.41) is 15.6. The highest BCUT2D eigenvalue weighted by Gasteiger charge is 2.34. The van der Waals surface area contributed by atoms with Crippen LogP contribution in [-0.2, 0) is 9.59 Å². The molecule has 3 aromatic rings. The van der Waals surface area contributed by atoms with E-state index < -0.39 is 23.3 Å². The number of amides is 2. The summed E-state index contributed by atoms with van der Waals surface area (Å²) in [6.07, 6.45) is 5.71. The van der Waals surface area contributed by atoms with Crippen LogP contribution in [0, 0.1) is 4.77 Å². The average Bonchev–Trinajstić information content (AvgIpc) is 2.92. The number of hydrogen-bond acceptors (Lipinski definition) is 8. The van der Waals surface area contributed by atoms with E-state index in [1.807, 2.05) is 0 Å². The largest absolute Gasteiger partial charge is 0.859 e. The molecule has 2 N–H and O–H groups in total. The number of aromatic nitrogens is 2. The standard InChI is InChI=1S/C28H24N4O6S2/c1-16(10-12-21-23(33)29-27(39)31(25(21)35)17-6-4-8-19(14-17)37-2)11-13-22-24(34)30-28(40)32(26(22)36)18-7-5-9-20(15-18)38-3/h4-15,35H,1-3H3,(H,29,33,39)(H,30,34,40)/p-1/b12-10+,16-11+,22-13+. The van der Waals surface area contributed by atoms with Gasteiger partial charge in [-0.05, 0) is 73.7 Å². The number of rotatable bonds is 7. The van der Waals surface area contributed by atoms with Crippen LogP contribution in [0.2, 0.25) is 0 Å². The SMILES string of the molecule is COc1cccc(N2C(=O)/C(=C/C=C(C)/C=C/c3c([O-])n(-c4cccc(OC)c4)c(=S)[nH]c3=O)C(=O)NC2=S)c1. The molecule has 0 spiro atoms. The Hall–Kier alpha value is -4.81. The molecule has 10 nitrogen and oxygen atoms in total. The van der Waals surface area contributed by atoms with E-state index in [0.717, 1.165) is 0 Å². The number of H-pyrrole nitrogens is 1. The zero-order chi connectivity index (χ0) is 29.0. The Kier molecular flexibility index (Phi) is 8.41. The number of thiocarbonyl (C=S) groups is 1. The lowest BCUT2D eigenvalue weighted by molar-refractivity contribution is -0.278. The van der Waals surface area contributed by atoms with Gasteiger partial charge in [0.05, 0.1) is 25.6 Å². The Bertz CT molecular complexity index is 1730. The Balaban J connectivity index is 1.65. The van der Waals surface area contributed by atoms with E-state index in [-0.39, 0.29) is 21.0 Å². The second-order valence-electron chi connectivity index (χ2n) is 8.44.